The average Bonchev–Trinajstić information content (AvgIpc) is 2.96. The van der Waals surface area contributed by atoms with Crippen molar-refractivity contribution in [3.05, 3.63) is 18.2 Å². The number of carbonyl (C=O) groups excluding carboxylic acids is 1. The van der Waals surface area contributed by atoms with Crippen molar-refractivity contribution in [3.8, 4) is 0 Å². The number of nitrogens with one attached hydrogen (secondary N) is 1. The third-order valence-electron chi connectivity index (χ3n) is 3.40. The monoisotopic (exact) mass is 409 g/mol. The van der Waals surface area contributed by atoms with Crippen LogP contribution in [0.3, 0.4) is 0 Å². The molecule has 1 aromatic carbocycles. The van der Waals surface area contributed by atoms with Crippen LogP contribution in [0.5, 0.6) is 0 Å². The number of hydrogen-bond donors (Lipinski definition) is 1. The molecular formula is C13H13Cl2N3O4S2. The molecule has 3 rings (SSSR count). The van der Waals surface area contributed by atoms with Gasteiger partial charge in [-0.15, -0.1) is 0 Å². The third kappa shape index (κ3) is 3.66. The molecule has 130 valence electrons. The van der Waals surface area contributed by atoms with Gasteiger partial charge in [-0.25, -0.2) is 13.4 Å². The van der Waals surface area contributed by atoms with Gasteiger partial charge in [0.05, 0.1) is 28.3 Å². The lowest BCUT2D eigenvalue weighted by Crippen LogP contribution is -2.40. The maximum absolute atomic E-state index is 12.7. The highest BCUT2D eigenvalue weighted by Gasteiger charge is 2.26. The lowest BCUT2D eigenvalue weighted by atomic mass is 10.3. The number of ether oxygens (including phenoxy) is 1. The summed E-state index contributed by atoms with van der Waals surface area (Å²) < 4.78 is 32.5. The SMILES string of the molecule is O=C(Nc1nc2ccc(S(=O)(=O)N3CCOCC3)cc2s1)C(Cl)Cl. The normalized spacial score (nSPS) is 16.6. The number of amides is 1. The van der Waals surface area contributed by atoms with Gasteiger partial charge in [-0.2, -0.15) is 4.31 Å². The Morgan fingerprint density at radius 2 is 2.04 bits per heavy atom. The number of thiazole rings is 1. The highest BCUT2D eigenvalue weighted by molar-refractivity contribution is 7.89. The Morgan fingerprint density at radius 1 is 1.33 bits per heavy atom. The van der Waals surface area contributed by atoms with Crippen molar-refractivity contribution in [2.75, 3.05) is 31.6 Å². The van der Waals surface area contributed by atoms with Crippen molar-refractivity contribution in [2.45, 2.75) is 9.73 Å². The highest BCUT2D eigenvalue weighted by atomic mass is 35.5. The van der Waals surface area contributed by atoms with Gasteiger partial charge in [-0.3, -0.25) is 10.1 Å². The minimum Gasteiger partial charge on any atom is -0.379 e. The van der Waals surface area contributed by atoms with E-state index < -0.39 is 20.8 Å². The van der Waals surface area contributed by atoms with Crippen LogP contribution in [0.4, 0.5) is 5.13 Å². The van der Waals surface area contributed by atoms with Gasteiger partial charge in [0, 0.05) is 13.1 Å². The molecule has 0 bridgehead atoms. The zero-order valence-corrected chi connectivity index (χ0v) is 15.4. The molecule has 1 N–H and O–H groups in total. The van der Waals surface area contributed by atoms with Gasteiger partial charge in [0.25, 0.3) is 5.91 Å². The lowest BCUT2D eigenvalue weighted by Gasteiger charge is -2.25. The molecule has 0 aliphatic carbocycles. The molecule has 1 fully saturated rings. The van der Waals surface area contributed by atoms with E-state index in [0.29, 0.717) is 41.7 Å². The molecule has 2 aromatic rings. The molecule has 0 spiro atoms. The van der Waals surface area contributed by atoms with Crippen LogP contribution in [0.25, 0.3) is 10.2 Å². The molecule has 0 radical (unpaired) electrons. The maximum Gasteiger partial charge on any atom is 0.259 e. The molecule has 11 heteroatoms. The van der Waals surface area contributed by atoms with Gasteiger partial charge in [0.1, 0.15) is 0 Å². The number of rotatable bonds is 4. The molecule has 1 aliphatic rings. The molecule has 1 saturated heterocycles. The van der Waals surface area contributed by atoms with Crippen LogP contribution in [0.2, 0.25) is 0 Å². The summed E-state index contributed by atoms with van der Waals surface area (Å²) >= 11 is 12.1. The first-order chi connectivity index (χ1) is 11.4. The van der Waals surface area contributed by atoms with Crippen molar-refractivity contribution in [1.29, 1.82) is 0 Å². The number of sulfonamides is 1. The molecule has 0 atom stereocenters. The van der Waals surface area contributed by atoms with Crippen LogP contribution in [0.15, 0.2) is 23.1 Å². The molecule has 2 heterocycles. The summed E-state index contributed by atoms with van der Waals surface area (Å²) in [5.41, 5.74) is 0.580. The molecule has 1 aliphatic heterocycles. The summed E-state index contributed by atoms with van der Waals surface area (Å²) in [6.07, 6.45) is 0. The van der Waals surface area contributed by atoms with Crippen LogP contribution < -0.4 is 5.32 Å². The number of nitrogens with zero attached hydrogens (tertiary/aromatic N) is 2. The van der Waals surface area contributed by atoms with Gasteiger partial charge < -0.3 is 4.74 Å². The maximum atomic E-state index is 12.7. The number of benzene rings is 1. The summed E-state index contributed by atoms with van der Waals surface area (Å²) in [5, 5.41) is 2.79. The first kappa shape index (κ1) is 17.8. The second kappa shape index (κ2) is 7.11. The number of morpholine rings is 1. The molecule has 0 saturated carbocycles. The lowest BCUT2D eigenvalue weighted by molar-refractivity contribution is -0.114. The summed E-state index contributed by atoms with van der Waals surface area (Å²) in [6, 6.07) is 4.66. The number of aromatic nitrogens is 1. The Bertz CT molecular complexity index is 863. The summed E-state index contributed by atoms with van der Waals surface area (Å²) in [4.78, 5) is 14.7. The summed E-state index contributed by atoms with van der Waals surface area (Å²) in [6.45, 7) is 1.43. The third-order valence-corrected chi connectivity index (χ3v) is 6.62. The average molecular weight is 410 g/mol. The standard InChI is InChI=1S/C13H13Cl2N3O4S2/c14-11(15)12(19)17-13-16-9-2-1-8(7-10(9)23-13)24(20,21)18-3-5-22-6-4-18/h1-2,7,11H,3-6H2,(H,16,17,19). The Morgan fingerprint density at radius 3 is 2.71 bits per heavy atom. The van der Waals surface area contributed by atoms with Crippen molar-refractivity contribution >= 4 is 65.8 Å². The quantitative estimate of drug-likeness (QED) is 0.780. The van der Waals surface area contributed by atoms with E-state index in [1.807, 2.05) is 0 Å². The second-order valence-electron chi connectivity index (χ2n) is 4.95. The van der Waals surface area contributed by atoms with E-state index in [1.165, 1.54) is 10.4 Å². The van der Waals surface area contributed by atoms with Crippen molar-refractivity contribution in [2.24, 2.45) is 0 Å². The highest BCUT2D eigenvalue weighted by Crippen LogP contribution is 2.29. The smallest absolute Gasteiger partial charge is 0.259 e. The molecule has 24 heavy (non-hydrogen) atoms. The zero-order valence-electron chi connectivity index (χ0n) is 12.2. The molecule has 1 amide bonds. The fourth-order valence-electron chi connectivity index (χ4n) is 2.21. The fraction of sp³-hybridized carbons (Fsp3) is 0.385. The van der Waals surface area contributed by atoms with Gasteiger partial charge in [0.2, 0.25) is 10.0 Å². The number of fused-ring (bicyclic) bond motifs is 1. The summed E-state index contributed by atoms with van der Waals surface area (Å²) in [5.74, 6) is -0.585. The number of carbonyl (C=O) groups is 1. The largest absolute Gasteiger partial charge is 0.379 e. The van der Waals surface area contributed by atoms with Crippen LogP contribution in [0, 0.1) is 0 Å². The second-order valence-corrected chi connectivity index (χ2v) is 9.02. The topological polar surface area (TPSA) is 88.6 Å². The van der Waals surface area contributed by atoms with E-state index in [1.54, 1.807) is 12.1 Å². The van der Waals surface area contributed by atoms with E-state index in [4.69, 9.17) is 27.9 Å². The van der Waals surface area contributed by atoms with Crippen LogP contribution in [-0.4, -0.2) is 54.8 Å². The Balaban J connectivity index is 1.89. The Kier molecular flexibility index (Phi) is 5.28. The Hall–Kier alpha value is -0.970. The molecule has 1 aromatic heterocycles. The summed E-state index contributed by atoms with van der Waals surface area (Å²) in [7, 11) is -3.58. The minimum atomic E-state index is -3.58. The predicted octanol–water partition coefficient (Wildman–Crippen LogP) is 2.06. The van der Waals surface area contributed by atoms with Crippen molar-refractivity contribution < 1.29 is 17.9 Å². The van der Waals surface area contributed by atoms with E-state index in [-0.39, 0.29) is 4.90 Å². The Labute approximate surface area is 152 Å². The van der Waals surface area contributed by atoms with Gasteiger partial charge in [0.15, 0.2) is 9.97 Å². The van der Waals surface area contributed by atoms with Gasteiger partial charge in [-0.1, -0.05) is 34.5 Å². The van der Waals surface area contributed by atoms with E-state index >= 15 is 0 Å². The number of hydrogen-bond acceptors (Lipinski definition) is 6. The van der Waals surface area contributed by atoms with Crippen molar-refractivity contribution in [1.82, 2.24) is 9.29 Å². The zero-order chi connectivity index (χ0) is 17.3. The van der Waals surface area contributed by atoms with Crippen LogP contribution in [0.1, 0.15) is 0 Å². The predicted molar refractivity (Wildman–Crippen MR) is 93.3 cm³/mol. The van der Waals surface area contributed by atoms with Crippen LogP contribution in [-0.2, 0) is 19.6 Å². The fourth-order valence-corrected chi connectivity index (χ4v) is 4.74. The van der Waals surface area contributed by atoms with Crippen molar-refractivity contribution in [3.63, 3.8) is 0 Å². The molecule has 7 nitrogen and oxygen atoms in total. The molecule has 0 unspecified atom stereocenters. The number of anilines is 1. The first-order valence-electron chi connectivity index (χ1n) is 6.95. The first-order valence-corrected chi connectivity index (χ1v) is 10.1. The minimum absolute atomic E-state index is 0.186. The number of halogens is 2. The number of alkyl halides is 2. The van der Waals surface area contributed by atoms with Gasteiger partial charge in [-0.05, 0) is 18.2 Å². The van der Waals surface area contributed by atoms with Crippen LogP contribution >= 0.6 is 34.5 Å². The van der Waals surface area contributed by atoms with E-state index in [9.17, 15) is 13.2 Å². The van der Waals surface area contributed by atoms with E-state index in [0.717, 1.165) is 11.3 Å². The van der Waals surface area contributed by atoms with Gasteiger partial charge >= 0.3 is 0 Å². The van der Waals surface area contributed by atoms with E-state index in [2.05, 4.69) is 10.3 Å². The molecular weight excluding hydrogens is 397 g/mol.